The quantitative estimate of drug-likeness (QED) is 0.383. The van der Waals surface area contributed by atoms with Gasteiger partial charge < -0.3 is 24.6 Å². The van der Waals surface area contributed by atoms with Gasteiger partial charge in [-0.2, -0.15) is 0 Å². The number of ether oxygens (including phenoxy) is 3. The summed E-state index contributed by atoms with van der Waals surface area (Å²) >= 11 is 0. The normalized spacial score (nSPS) is 32.2. The molecule has 1 aliphatic rings. The van der Waals surface area contributed by atoms with Crippen LogP contribution in [-0.2, 0) is 23.8 Å². The lowest BCUT2D eigenvalue weighted by atomic mass is 9.79. The molecule has 1 saturated heterocycles. The van der Waals surface area contributed by atoms with E-state index in [1.807, 2.05) is 13.8 Å². The van der Waals surface area contributed by atoms with Crippen molar-refractivity contribution in [3.05, 3.63) is 0 Å². The topological polar surface area (TPSA) is 94.1 Å². The molecule has 1 rings (SSSR count). The largest absolute Gasteiger partial charge is 0.466 e. The van der Waals surface area contributed by atoms with E-state index >= 15 is 0 Å². The molecular weight excluding hydrogens is 290 g/mol. The predicted molar refractivity (Wildman–Crippen MR) is 78.9 cm³/mol. The average Bonchev–Trinajstić information content (AvgIpc) is 2.48. The lowest BCUT2D eigenvalue weighted by molar-refractivity contribution is -0.172. The number of hydrogen-bond donors (Lipinski definition) is 2. The standard InChI is InChI=1S/C15H27NO6/c1-5-21-14(19)6-12-15(16-11(4)18)10(3)9(2)13(22-12)7-20-8-17/h9-10,12-13,15,17H,5-8H2,1-4H3,(H,16,18)/t9-,10-,12-,13+,15+/m0/s1/i17T. The molecule has 1 fully saturated rings. The molecule has 0 aromatic carbocycles. The third-order valence-corrected chi connectivity index (χ3v) is 4.14. The molecule has 0 bridgehead atoms. The van der Waals surface area contributed by atoms with E-state index in [9.17, 15) is 9.59 Å². The van der Waals surface area contributed by atoms with Gasteiger partial charge in [-0.05, 0) is 18.8 Å². The summed E-state index contributed by atoms with van der Waals surface area (Å²) in [6, 6.07) is -0.268. The number of aliphatic hydroxyl groups is 1. The molecule has 5 atom stereocenters. The van der Waals surface area contributed by atoms with Gasteiger partial charge in [-0.1, -0.05) is 13.8 Å². The van der Waals surface area contributed by atoms with Gasteiger partial charge in [0.05, 0.1) is 37.9 Å². The molecular formula is C15H27NO6. The van der Waals surface area contributed by atoms with Crippen LogP contribution in [0.15, 0.2) is 0 Å². The first-order chi connectivity index (χ1) is 10.9. The van der Waals surface area contributed by atoms with Gasteiger partial charge in [0, 0.05) is 6.92 Å². The Kier molecular flexibility index (Phi) is 7.08. The molecule has 22 heavy (non-hydrogen) atoms. The zero-order valence-corrected chi connectivity index (χ0v) is 13.7. The third-order valence-electron chi connectivity index (χ3n) is 4.14. The van der Waals surface area contributed by atoms with Crippen LogP contribution in [0.3, 0.4) is 0 Å². The van der Waals surface area contributed by atoms with E-state index in [2.05, 4.69) is 10.4 Å². The summed E-state index contributed by atoms with van der Waals surface area (Å²) in [6.07, 6.45) is -0.652. The Morgan fingerprint density at radius 3 is 2.64 bits per heavy atom. The maximum Gasteiger partial charge on any atom is 0.308 e. The SMILES string of the molecule is [3H]OCOC[C@H]1O[C@@H](CC(=O)OCC)[C@H](NC(C)=O)[C@@H](C)[C@@H]1C. The number of amides is 1. The first-order valence-electron chi connectivity index (χ1n) is 8.05. The minimum Gasteiger partial charge on any atom is -0.466 e. The molecule has 7 nitrogen and oxygen atoms in total. The molecule has 1 heterocycles. The monoisotopic (exact) mass is 319 g/mol. The molecule has 128 valence electrons. The summed E-state index contributed by atoms with van der Waals surface area (Å²) < 4.78 is 22.8. The van der Waals surface area contributed by atoms with Gasteiger partial charge in [0.25, 0.3) is 0 Å². The maximum atomic E-state index is 11.8. The second-order valence-electron chi connectivity index (χ2n) is 5.66. The second kappa shape index (κ2) is 9.07. The van der Waals surface area contributed by atoms with Crippen molar-refractivity contribution in [2.75, 3.05) is 20.0 Å². The van der Waals surface area contributed by atoms with Gasteiger partial charge in [0.15, 0.2) is 0 Å². The lowest BCUT2D eigenvalue weighted by Gasteiger charge is -2.44. The summed E-state index contributed by atoms with van der Waals surface area (Å²) in [5.41, 5.74) is 0. The maximum absolute atomic E-state index is 11.8. The van der Waals surface area contributed by atoms with Crippen molar-refractivity contribution < 1.29 is 28.9 Å². The molecule has 2 N–H and O–H groups in total. The van der Waals surface area contributed by atoms with Gasteiger partial charge in [0.2, 0.25) is 7.34 Å². The van der Waals surface area contributed by atoms with Crippen LogP contribution >= 0.6 is 0 Å². The van der Waals surface area contributed by atoms with Crippen molar-refractivity contribution >= 4 is 11.9 Å². The van der Waals surface area contributed by atoms with Crippen molar-refractivity contribution in [3.63, 3.8) is 0 Å². The molecule has 0 spiro atoms. The molecule has 1 aliphatic heterocycles. The van der Waals surface area contributed by atoms with E-state index in [-0.39, 0.29) is 55.7 Å². The molecule has 0 saturated carbocycles. The molecule has 7 heteroatoms. The number of esters is 1. The average molecular weight is 319 g/mol. The zero-order chi connectivity index (χ0) is 17.4. The van der Waals surface area contributed by atoms with E-state index in [4.69, 9.17) is 15.6 Å². The van der Waals surface area contributed by atoms with Crippen molar-refractivity contribution in [1.82, 2.24) is 5.32 Å². The third kappa shape index (κ3) is 5.23. The van der Waals surface area contributed by atoms with Crippen LogP contribution in [0.25, 0.3) is 0 Å². The summed E-state index contributed by atoms with van der Waals surface area (Å²) in [4.78, 5) is 23.3. The van der Waals surface area contributed by atoms with Crippen molar-refractivity contribution in [2.45, 2.75) is 52.4 Å². The Hall–Kier alpha value is -1.18. The van der Waals surface area contributed by atoms with Crippen LogP contribution in [0.2, 0.25) is 0 Å². The number of hydrogen-bond acceptors (Lipinski definition) is 6. The van der Waals surface area contributed by atoms with Crippen LogP contribution in [0.5, 0.6) is 0 Å². The van der Waals surface area contributed by atoms with Gasteiger partial charge in [-0.3, -0.25) is 9.59 Å². The highest BCUT2D eigenvalue weighted by molar-refractivity contribution is 5.74. The highest BCUT2D eigenvalue weighted by Crippen LogP contribution is 2.32. The summed E-state index contributed by atoms with van der Waals surface area (Å²) in [7, 11) is 0. The van der Waals surface area contributed by atoms with E-state index in [0.717, 1.165) is 0 Å². The van der Waals surface area contributed by atoms with Crippen molar-refractivity contribution in [3.8, 4) is 0 Å². The van der Waals surface area contributed by atoms with Gasteiger partial charge >= 0.3 is 5.97 Å². The Labute approximate surface area is 132 Å². The fourth-order valence-electron chi connectivity index (χ4n) is 2.81. The van der Waals surface area contributed by atoms with Crippen LogP contribution in [0.4, 0.5) is 0 Å². The number of carbonyl (C=O) groups is 2. The van der Waals surface area contributed by atoms with Crippen molar-refractivity contribution in [2.24, 2.45) is 11.8 Å². The van der Waals surface area contributed by atoms with Crippen LogP contribution in [0, 0.1) is 11.8 Å². The van der Waals surface area contributed by atoms with Gasteiger partial charge in [-0.15, -0.1) is 0 Å². The number of nitrogens with one attached hydrogen (secondary N) is 1. The van der Waals surface area contributed by atoms with Crippen molar-refractivity contribution in [1.29, 1.82) is 1.43 Å². The molecule has 0 aromatic heterocycles. The van der Waals surface area contributed by atoms with Crippen LogP contribution < -0.4 is 5.32 Å². The predicted octanol–water partition coefficient (Wildman–Crippen LogP) is 0.450. The minimum absolute atomic E-state index is 0.0707. The number of rotatable bonds is 8. The summed E-state index contributed by atoms with van der Waals surface area (Å²) in [6.45, 7) is 7.63. The Morgan fingerprint density at radius 1 is 1.32 bits per heavy atom. The molecule has 0 aliphatic carbocycles. The molecule has 0 radical (unpaired) electrons. The lowest BCUT2D eigenvalue weighted by Crippen LogP contribution is -2.58. The Balaban J connectivity index is 2.79. The summed E-state index contributed by atoms with van der Waals surface area (Å²) in [5.74, 6) is -0.318. The van der Waals surface area contributed by atoms with E-state index in [1.54, 1.807) is 6.92 Å². The Morgan fingerprint density at radius 2 is 2.05 bits per heavy atom. The summed E-state index contributed by atoms with van der Waals surface area (Å²) in [5, 5.41) is 7.01. The van der Waals surface area contributed by atoms with E-state index in [1.165, 1.54) is 6.92 Å². The minimum atomic E-state index is -0.477. The molecule has 0 aromatic rings. The van der Waals surface area contributed by atoms with Crippen LogP contribution in [-0.4, -0.2) is 56.7 Å². The smallest absolute Gasteiger partial charge is 0.308 e. The second-order valence-corrected chi connectivity index (χ2v) is 5.66. The zero-order valence-electron chi connectivity index (χ0n) is 14.7. The Bertz CT molecular complexity index is 394. The number of carbonyl (C=O) groups excluding carboxylic acids is 2. The van der Waals surface area contributed by atoms with Crippen LogP contribution in [0.1, 0.15) is 34.1 Å². The fraction of sp³-hybridized carbons (Fsp3) is 0.867. The highest BCUT2D eigenvalue weighted by atomic mass is 16.6. The first kappa shape index (κ1) is 17.2. The number of aliphatic hydroxyl groups excluding tert-OH is 1. The van der Waals surface area contributed by atoms with E-state index in [0.29, 0.717) is 6.61 Å². The van der Waals surface area contributed by atoms with Gasteiger partial charge in [-0.25, -0.2) is 0 Å². The van der Waals surface area contributed by atoms with Gasteiger partial charge in [0.1, 0.15) is 6.79 Å². The highest BCUT2D eigenvalue weighted by Gasteiger charge is 2.42. The first-order valence-corrected chi connectivity index (χ1v) is 7.64. The van der Waals surface area contributed by atoms with E-state index < -0.39 is 6.10 Å². The molecule has 1 amide bonds. The molecule has 0 unspecified atom stereocenters. The fourth-order valence-corrected chi connectivity index (χ4v) is 2.81.